The Kier molecular flexibility index (Phi) is 5.41. The van der Waals surface area contributed by atoms with E-state index in [-0.39, 0.29) is 5.91 Å². The number of fused-ring (bicyclic) bond motifs is 1. The van der Waals surface area contributed by atoms with E-state index in [4.69, 9.17) is 0 Å². The zero-order chi connectivity index (χ0) is 18.5. The van der Waals surface area contributed by atoms with E-state index < -0.39 is 0 Å². The van der Waals surface area contributed by atoms with E-state index in [1.165, 1.54) is 11.8 Å². The van der Waals surface area contributed by atoms with Crippen LogP contribution in [0.5, 0.6) is 0 Å². The van der Waals surface area contributed by atoms with Gasteiger partial charge in [0.05, 0.1) is 21.7 Å². The molecule has 1 amide bonds. The van der Waals surface area contributed by atoms with Crippen molar-refractivity contribution >= 4 is 39.2 Å². The summed E-state index contributed by atoms with van der Waals surface area (Å²) in [6.45, 7) is 0.472. The van der Waals surface area contributed by atoms with Crippen LogP contribution in [0.1, 0.15) is 5.56 Å². The van der Waals surface area contributed by atoms with Gasteiger partial charge < -0.3 is 5.32 Å². The van der Waals surface area contributed by atoms with Crippen LogP contribution in [0.2, 0.25) is 0 Å². The van der Waals surface area contributed by atoms with Gasteiger partial charge in [-0.2, -0.15) is 0 Å². The van der Waals surface area contributed by atoms with Crippen molar-refractivity contribution in [3.05, 3.63) is 72.7 Å². The Morgan fingerprint density at radius 3 is 2.78 bits per heavy atom. The molecular formula is C20H16N4OS2. The third kappa shape index (κ3) is 4.50. The van der Waals surface area contributed by atoms with Crippen molar-refractivity contribution < 1.29 is 4.79 Å². The second-order valence-electron chi connectivity index (χ2n) is 5.80. The average Bonchev–Trinajstić information content (AvgIpc) is 3.15. The number of hydrogen-bond donors (Lipinski definition) is 1. The molecule has 0 saturated carbocycles. The van der Waals surface area contributed by atoms with Crippen molar-refractivity contribution in [2.75, 3.05) is 5.75 Å². The summed E-state index contributed by atoms with van der Waals surface area (Å²) in [5.41, 5.74) is 3.86. The number of pyridine rings is 2. The molecule has 1 N–H and O–H groups in total. The van der Waals surface area contributed by atoms with Crippen LogP contribution in [0.4, 0.5) is 0 Å². The monoisotopic (exact) mass is 392 g/mol. The molecule has 0 aliphatic carbocycles. The minimum atomic E-state index is -0.0125. The minimum absolute atomic E-state index is 0.0125. The highest BCUT2D eigenvalue weighted by Gasteiger charge is 2.08. The molecule has 27 heavy (non-hydrogen) atoms. The molecule has 134 valence electrons. The predicted octanol–water partition coefficient (Wildman–Crippen LogP) is 4.16. The first-order chi connectivity index (χ1) is 13.3. The lowest BCUT2D eigenvalue weighted by molar-refractivity contribution is -0.118. The molecule has 0 bridgehead atoms. The maximum atomic E-state index is 12.2. The number of thiazole rings is 1. The Balaban J connectivity index is 1.32. The zero-order valence-corrected chi connectivity index (χ0v) is 16.0. The third-order valence-electron chi connectivity index (χ3n) is 3.89. The summed E-state index contributed by atoms with van der Waals surface area (Å²) in [7, 11) is 0. The number of para-hydroxylation sites is 1. The van der Waals surface area contributed by atoms with Gasteiger partial charge in [0.15, 0.2) is 4.34 Å². The Bertz CT molecular complexity index is 1030. The summed E-state index contributed by atoms with van der Waals surface area (Å²) in [4.78, 5) is 25.1. The Morgan fingerprint density at radius 1 is 1.07 bits per heavy atom. The van der Waals surface area contributed by atoms with Gasteiger partial charge in [-0.1, -0.05) is 23.9 Å². The fraction of sp³-hybridized carbons (Fsp3) is 0.100. The number of nitrogens with zero attached hydrogens (tertiary/aromatic N) is 3. The van der Waals surface area contributed by atoms with Gasteiger partial charge in [0.25, 0.3) is 0 Å². The summed E-state index contributed by atoms with van der Waals surface area (Å²) < 4.78 is 2.05. The smallest absolute Gasteiger partial charge is 0.230 e. The van der Waals surface area contributed by atoms with Crippen LogP contribution in [0.15, 0.2) is 71.5 Å². The SMILES string of the molecule is O=C(CSc1nc2ccccc2s1)NCc1ccnc(-c2ccncc2)c1. The minimum Gasteiger partial charge on any atom is -0.351 e. The van der Waals surface area contributed by atoms with Crippen molar-refractivity contribution in [2.45, 2.75) is 10.9 Å². The molecule has 5 nitrogen and oxygen atoms in total. The van der Waals surface area contributed by atoms with Gasteiger partial charge in [-0.3, -0.25) is 14.8 Å². The van der Waals surface area contributed by atoms with Crippen LogP contribution in [0.25, 0.3) is 21.5 Å². The van der Waals surface area contributed by atoms with E-state index in [2.05, 4.69) is 20.3 Å². The van der Waals surface area contributed by atoms with Gasteiger partial charge in [-0.05, 0) is 42.0 Å². The standard InChI is InChI=1S/C20H16N4OS2/c25-19(13-26-20-24-16-3-1-2-4-18(16)27-20)23-12-14-5-10-22-17(11-14)15-6-8-21-9-7-15/h1-11H,12-13H2,(H,23,25). The molecule has 7 heteroatoms. The molecule has 0 radical (unpaired) electrons. The number of thioether (sulfide) groups is 1. The van der Waals surface area contributed by atoms with E-state index in [0.29, 0.717) is 12.3 Å². The fourth-order valence-corrected chi connectivity index (χ4v) is 4.45. The summed E-state index contributed by atoms with van der Waals surface area (Å²) >= 11 is 3.08. The van der Waals surface area contributed by atoms with Gasteiger partial charge in [-0.25, -0.2) is 4.98 Å². The molecule has 0 aliphatic rings. The molecular weight excluding hydrogens is 376 g/mol. The van der Waals surface area contributed by atoms with Crippen molar-refractivity contribution in [1.82, 2.24) is 20.3 Å². The molecule has 0 saturated heterocycles. The molecule has 3 heterocycles. The third-order valence-corrected chi connectivity index (χ3v) is 6.07. The van der Waals surface area contributed by atoms with Crippen molar-refractivity contribution in [3.8, 4) is 11.3 Å². The van der Waals surface area contributed by atoms with Crippen molar-refractivity contribution in [2.24, 2.45) is 0 Å². The lowest BCUT2D eigenvalue weighted by Crippen LogP contribution is -2.24. The van der Waals surface area contributed by atoms with Gasteiger partial charge in [0.2, 0.25) is 5.91 Å². The second kappa shape index (κ2) is 8.28. The second-order valence-corrected chi connectivity index (χ2v) is 8.05. The topological polar surface area (TPSA) is 67.8 Å². The molecule has 4 rings (SSSR count). The highest BCUT2D eigenvalue weighted by molar-refractivity contribution is 8.01. The van der Waals surface area contributed by atoms with E-state index in [0.717, 1.165) is 31.4 Å². The van der Waals surface area contributed by atoms with Crippen LogP contribution in [0.3, 0.4) is 0 Å². The highest BCUT2D eigenvalue weighted by atomic mass is 32.2. The Hall–Kier alpha value is -2.77. The van der Waals surface area contributed by atoms with Crippen LogP contribution in [-0.4, -0.2) is 26.6 Å². The quantitative estimate of drug-likeness (QED) is 0.499. The fourth-order valence-electron chi connectivity index (χ4n) is 2.56. The molecule has 0 atom stereocenters. The van der Waals surface area contributed by atoms with Gasteiger partial charge >= 0.3 is 0 Å². The molecule has 0 spiro atoms. The molecule has 3 aromatic heterocycles. The lowest BCUT2D eigenvalue weighted by Gasteiger charge is -2.06. The van der Waals surface area contributed by atoms with Gasteiger partial charge in [0.1, 0.15) is 0 Å². The first kappa shape index (κ1) is 17.6. The lowest BCUT2D eigenvalue weighted by atomic mass is 10.1. The van der Waals surface area contributed by atoms with Crippen LogP contribution in [0, 0.1) is 0 Å². The van der Waals surface area contributed by atoms with Crippen LogP contribution >= 0.6 is 23.1 Å². The molecule has 4 aromatic rings. The maximum Gasteiger partial charge on any atom is 0.230 e. The largest absolute Gasteiger partial charge is 0.351 e. The van der Waals surface area contributed by atoms with Crippen LogP contribution < -0.4 is 5.32 Å². The maximum absolute atomic E-state index is 12.2. The Labute approximate surface area is 164 Å². The number of nitrogens with one attached hydrogen (secondary N) is 1. The average molecular weight is 393 g/mol. The number of carbonyl (C=O) groups excluding carboxylic acids is 1. The summed E-state index contributed by atoms with van der Waals surface area (Å²) in [5.74, 6) is 0.337. The molecule has 0 fully saturated rings. The number of amides is 1. The molecule has 0 unspecified atom stereocenters. The zero-order valence-electron chi connectivity index (χ0n) is 14.3. The van der Waals surface area contributed by atoms with E-state index in [1.807, 2.05) is 48.5 Å². The number of hydrogen-bond acceptors (Lipinski definition) is 6. The molecule has 0 aliphatic heterocycles. The number of carbonyl (C=O) groups is 1. The van der Waals surface area contributed by atoms with E-state index in [9.17, 15) is 4.79 Å². The summed E-state index contributed by atoms with van der Waals surface area (Å²) in [6, 6.07) is 15.7. The van der Waals surface area contributed by atoms with E-state index in [1.54, 1.807) is 29.9 Å². The Morgan fingerprint density at radius 2 is 1.93 bits per heavy atom. The first-order valence-electron chi connectivity index (χ1n) is 8.38. The number of rotatable bonds is 6. The normalized spacial score (nSPS) is 10.8. The predicted molar refractivity (Wildman–Crippen MR) is 110 cm³/mol. The van der Waals surface area contributed by atoms with Crippen molar-refractivity contribution in [3.63, 3.8) is 0 Å². The van der Waals surface area contributed by atoms with E-state index >= 15 is 0 Å². The highest BCUT2D eigenvalue weighted by Crippen LogP contribution is 2.29. The molecule has 1 aromatic carbocycles. The number of benzene rings is 1. The van der Waals surface area contributed by atoms with Crippen molar-refractivity contribution in [1.29, 1.82) is 0 Å². The summed E-state index contributed by atoms with van der Waals surface area (Å²) in [6.07, 6.45) is 5.24. The van der Waals surface area contributed by atoms with Gasteiger partial charge in [0, 0.05) is 30.7 Å². The van der Waals surface area contributed by atoms with Gasteiger partial charge in [-0.15, -0.1) is 11.3 Å². The van der Waals surface area contributed by atoms with Crippen LogP contribution in [-0.2, 0) is 11.3 Å². The number of aromatic nitrogens is 3. The summed E-state index contributed by atoms with van der Waals surface area (Å²) in [5, 5.41) is 2.96. The first-order valence-corrected chi connectivity index (χ1v) is 10.2.